The monoisotopic (exact) mass is 367 g/mol. The SMILES string of the molecule is CN(C)CCCCOc1ccccc1CCc1cccc(Cl)c1.Cl. The van der Waals surface area contributed by atoms with E-state index in [2.05, 4.69) is 43.3 Å². The highest BCUT2D eigenvalue weighted by atomic mass is 35.5. The molecule has 2 aromatic rings. The third-order valence-electron chi connectivity index (χ3n) is 3.80. The van der Waals surface area contributed by atoms with Gasteiger partial charge in [-0.3, -0.25) is 0 Å². The van der Waals surface area contributed by atoms with E-state index in [0.717, 1.165) is 49.6 Å². The van der Waals surface area contributed by atoms with Gasteiger partial charge in [0.15, 0.2) is 0 Å². The number of halogens is 2. The lowest BCUT2D eigenvalue weighted by Gasteiger charge is -2.13. The van der Waals surface area contributed by atoms with Crippen molar-refractivity contribution in [3.05, 3.63) is 64.7 Å². The van der Waals surface area contributed by atoms with Gasteiger partial charge >= 0.3 is 0 Å². The van der Waals surface area contributed by atoms with Crippen molar-refractivity contribution < 1.29 is 4.74 Å². The molecule has 0 atom stereocenters. The molecule has 0 bridgehead atoms. The summed E-state index contributed by atoms with van der Waals surface area (Å²) in [6.07, 6.45) is 4.19. The first-order valence-corrected chi connectivity index (χ1v) is 8.63. The zero-order valence-electron chi connectivity index (χ0n) is 14.5. The van der Waals surface area contributed by atoms with E-state index < -0.39 is 0 Å². The Hall–Kier alpha value is -1.22. The van der Waals surface area contributed by atoms with Crippen molar-refractivity contribution in [1.82, 2.24) is 4.90 Å². The fourth-order valence-corrected chi connectivity index (χ4v) is 2.75. The van der Waals surface area contributed by atoms with Crippen LogP contribution < -0.4 is 4.74 Å². The summed E-state index contributed by atoms with van der Waals surface area (Å²) in [4.78, 5) is 2.21. The first kappa shape index (κ1) is 20.8. The first-order valence-electron chi connectivity index (χ1n) is 8.25. The van der Waals surface area contributed by atoms with Gasteiger partial charge in [-0.1, -0.05) is 41.9 Å². The number of ether oxygens (including phenoxy) is 1. The summed E-state index contributed by atoms with van der Waals surface area (Å²) >= 11 is 6.05. The predicted molar refractivity (Wildman–Crippen MR) is 106 cm³/mol. The Morgan fingerprint density at radius 3 is 2.50 bits per heavy atom. The Kier molecular flexibility index (Phi) is 9.85. The normalized spacial score (nSPS) is 10.5. The lowest BCUT2D eigenvalue weighted by atomic mass is 10.0. The molecule has 2 rings (SSSR count). The molecule has 0 saturated heterocycles. The van der Waals surface area contributed by atoms with Crippen LogP contribution in [0, 0.1) is 0 Å². The summed E-state index contributed by atoms with van der Waals surface area (Å²) in [5.74, 6) is 1.01. The molecular weight excluding hydrogens is 341 g/mol. The standard InChI is InChI=1S/C20H26ClNO.ClH/c1-22(2)14-5-6-15-23-20-11-4-3-9-18(20)13-12-17-8-7-10-19(21)16-17;/h3-4,7-11,16H,5-6,12-15H2,1-2H3;1H. The van der Waals surface area contributed by atoms with Crippen LogP contribution >= 0.6 is 24.0 Å². The largest absolute Gasteiger partial charge is 0.493 e. The quantitative estimate of drug-likeness (QED) is 0.559. The fourth-order valence-electron chi connectivity index (χ4n) is 2.53. The molecule has 132 valence electrons. The minimum atomic E-state index is 0. The Morgan fingerprint density at radius 2 is 1.75 bits per heavy atom. The number of unbranched alkanes of at least 4 members (excludes halogenated alkanes) is 1. The van der Waals surface area contributed by atoms with Crippen LogP contribution in [0.25, 0.3) is 0 Å². The maximum absolute atomic E-state index is 6.05. The minimum absolute atomic E-state index is 0. The van der Waals surface area contributed by atoms with Crippen LogP contribution in [0.15, 0.2) is 48.5 Å². The molecule has 0 radical (unpaired) electrons. The molecule has 0 amide bonds. The summed E-state index contributed by atoms with van der Waals surface area (Å²) in [7, 11) is 4.21. The summed E-state index contributed by atoms with van der Waals surface area (Å²) in [5.41, 5.74) is 2.53. The lowest BCUT2D eigenvalue weighted by molar-refractivity contribution is 0.290. The molecule has 0 heterocycles. The van der Waals surface area contributed by atoms with Crippen molar-refractivity contribution in [2.24, 2.45) is 0 Å². The number of hydrogen-bond acceptors (Lipinski definition) is 2. The van der Waals surface area contributed by atoms with Crippen LogP contribution in [0.2, 0.25) is 5.02 Å². The van der Waals surface area contributed by atoms with Gasteiger partial charge in [-0.2, -0.15) is 0 Å². The van der Waals surface area contributed by atoms with E-state index in [9.17, 15) is 0 Å². The molecule has 0 aliphatic heterocycles. The topological polar surface area (TPSA) is 12.5 Å². The summed E-state index contributed by atoms with van der Waals surface area (Å²) in [5, 5.41) is 0.799. The second-order valence-electron chi connectivity index (χ2n) is 6.10. The van der Waals surface area contributed by atoms with E-state index in [-0.39, 0.29) is 12.4 Å². The van der Waals surface area contributed by atoms with Crippen molar-refractivity contribution in [1.29, 1.82) is 0 Å². The average Bonchev–Trinajstić information content (AvgIpc) is 2.53. The Bertz CT molecular complexity index is 602. The average molecular weight is 368 g/mol. The van der Waals surface area contributed by atoms with Gasteiger partial charge < -0.3 is 9.64 Å². The molecule has 0 spiro atoms. The zero-order chi connectivity index (χ0) is 16.5. The van der Waals surface area contributed by atoms with Crippen LogP contribution in [0.5, 0.6) is 5.75 Å². The molecule has 0 N–H and O–H groups in total. The number of aryl methyl sites for hydroxylation is 2. The molecule has 2 aromatic carbocycles. The molecule has 4 heteroatoms. The highest BCUT2D eigenvalue weighted by molar-refractivity contribution is 6.30. The molecule has 0 aromatic heterocycles. The van der Waals surface area contributed by atoms with Crippen molar-refractivity contribution >= 4 is 24.0 Å². The molecule has 0 aliphatic carbocycles. The van der Waals surface area contributed by atoms with Gasteiger partial charge in [0.1, 0.15) is 5.75 Å². The number of nitrogens with zero attached hydrogens (tertiary/aromatic N) is 1. The van der Waals surface area contributed by atoms with Crippen LogP contribution in [0.4, 0.5) is 0 Å². The van der Waals surface area contributed by atoms with Gasteiger partial charge in [0.05, 0.1) is 6.61 Å². The predicted octanol–water partition coefficient (Wildman–Crippen LogP) is 5.27. The van der Waals surface area contributed by atoms with Gasteiger partial charge in [-0.15, -0.1) is 12.4 Å². The molecule has 0 aliphatic rings. The van der Waals surface area contributed by atoms with Crippen molar-refractivity contribution in [2.75, 3.05) is 27.2 Å². The molecule has 0 fully saturated rings. The Balaban J connectivity index is 0.00000288. The van der Waals surface area contributed by atoms with E-state index in [4.69, 9.17) is 16.3 Å². The van der Waals surface area contributed by atoms with Crippen molar-refractivity contribution in [3.8, 4) is 5.75 Å². The van der Waals surface area contributed by atoms with Gasteiger partial charge in [-0.05, 0) is 75.6 Å². The van der Waals surface area contributed by atoms with Crippen LogP contribution in [-0.4, -0.2) is 32.1 Å². The number of rotatable bonds is 9. The van der Waals surface area contributed by atoms with Crippen LogP contribution in [0.1, 0.15) is 24.0 Å². The van der Waals surface area contributed by atoms with E-state index in [1.54, 1.807) is 0 Å². The number of benzene rings is 2. The molecule has 2 nitrogen and oxygen atoms in total. The maximum atomic E-state index is 6.05. The number of para-hydroxylation sites is 1. The second kappa shape index (κ2) is 11.4. The van der Waals surface area contributed by atoms with E-state index >= 15 is 0 Å². The highest BCUT2D eigenvalue weighted by Crippen LogP contribution is 2.21. The van der Waals surface area contributed by atoms with Crippen molar-refractivity contribution in [3.63, 3.8) is 0 Å². The third kappa shape index (κ3) is 7.57. The minimum Gasteiger partial charge on any atom is -0.493 e. The van der Waals surface area contributed by atoms with E-state index in [1.165, 1.54) is 11.1 Å². The summed E-state index contributed by atoms with van der Waals surface area (Å²) in [6.45, 7) is 1.89. The van der Waals surface area contributed by atoms with Crippen LogP contribution in [-0.2, 0) is 12.8 Å². The first-order chi connectivity index (χ1) is 11.1. The number of hydrogen-bond donors (Lipinski definition) is 0. The third-order valence-corrected chi connectivity index (χ3v) is 4.04. The molecule has 0 unspecified atom stereocenters. The smallest absolute Gasteiger partial charge is 0.122 e. The maximum Gasteiger partial charge on any atom is 0.122 e. The Labute approximate surface area is 157 Å². The lowest BCUT2D eigenvalue weighted by Crippen LogP contribution is -2.13. The molecule has 24 heavy (non-hydrogen) atoms. The van der Waals surface area contributed by atoms with E-state index in [0.29, 0.717) is 0 Å². The molecule has 0 saturated carbocycles. The highest BCUT2D eigenvalue weighted by Gasteiger charge is 2.04. The van der Waals surface area contributed by atoms with Gasteiger partial charge in [0, 0.05) is 5.02 Å². The van der Waals surface area contributed by atoms with Gasteiger partial charge in [0.25, 0.3) is 0 Å². The van der Waals surface area contributed by atoms with Gasteiger partial charge in [0.2, 0.25) is 0 Å². The van der Waals surface area contributed by atoms with Crippen molar-refractivity contribution in [2.45, 2.75) is 25.7 Å². The summed E-state index contributed by atoms with van der Waals surface area (Å²) in [6, 6.07) is 16.4. The fraction of sp³-hybridized carbons (Fsp3) is 0.400. The van der Waals surface area contributed by atoms with E-state index in [1.807, 2.05) is 24.3 Å². The van der Waals surface area contributed by atoms with Gasteiger partial charge in [-0.25, -0.2) is 0 Å². The zero-order valence-corrected chi connectivity index (χ0v) is 16.1. The van der Waals surface area contributed by atoms with Crippen LogP contribution in [0.3, 0.4) is 0 Å². The summed E-state index contributed by atoms with van der Waals surface area (Å²) < 4.78 is 5.99. The Morgan fingerprint density at radius 1 is 0.958 bits per heavy atom. The second-order valence-corrected chi connectivity index (χ2v) is 6.53. The molecular formula is C20H27Cl2NO.